The molecule has 48 heavy (non-hydrogen) atoms. The number of aromatic amines is 1. The third-order valence-corrected chi connectivity index (χ3v) is 9.17. The number of nitrogens with one attached hydrogen (secondary N) is 4. The van der Waals surface area contributed by atoms with E-state index in [1.54, 1.807) is 14.0 Å². The highest BCUT2D eigenvalue weighted by Crippen LogP contribution is 2.37. The number of benzene rings is 3. The minimum atomic E-state index is -0.619. The van der Waals surface area contributed by atoms with Crippen molar-refractivity contribution in [2.45, 2.75) is 62.9 Å². The van der Waals surface area contributed by atoms with Crippen molar-refractivity contribution in [2.75, 3.05) is 26.8 Å². The lowest BCUT2D eigenvalue weighted by atomic mass is 9.77. The van der Waals surface area contributed by atoms with Crippen molar-refractivity contribution in [1.29, 1.82) is 0 Å². The van der Waals surface area contributed by atoms with Crippen LogP contribution in [0.2, 0.25) is 0 Å². The van der Waals surface area contributed by atoms with Crippen molar-refractivity contribution >= 4 is 17.3 Å². The van der Waals surface area contributed by atoms with Crippen molar-refractivity contribution in [3.8, 4) is 5.75 Å². The first-order valence-corrected chi connectivity index (χ1v) is 16.9. The summed E-state index contributed by atoms with van der Waals surface area (Å²) in [4.78, 5) is 26.4. The van der Waals surface area contributed by atoms with E-state index in [-0.39, 0.29) is 12.6 Å². The quantitative estimate of drug-likeness (QED) is 0.0721. The average molecular weight is 672 g/mol. The van der Waals surface area contributed by atoms with Crippen LogP contribution in [0.5, 0.6) is 5.75 Å². The van der Waals surface area contributed by atoms with Gasteiger partial charge in [0.2, 0.25) is 0 Å². The number of aryl methyl sites for hydroxylation is 1. The van der Waals surface area contributed by atoms with Crippen LogP contribution in [0.15, 0.2) is 101 Å². The van der Waals surface area contributed by atoms with Crippen molar-refractivity contribution in [1.82, 2.24) is 25.5 Å². The molecule has 1 saturated heterocycles. The first-order chi connectivity index (χ1) is 23.3. The second-order valence-electron chi connectivity index (χ2n) is 12.1. The molecule has 11 heteroatoms. The molecule has 2 heterocycles. The van der Waals surface area contributed by atoms with E-state index in [2.05, 4.69) is 81.6 Å². The maximum Gasteiger partial charge on any atom is 0.330 e. The van der Waals surface area contributed by atoms with Crippen LogP contribution in [0.25, 0.3) is 0 Å². The van der Waals surface area contributed by atoms with E-state index in [1.807, 2.05) is 24.3 Å². The molecule has 0 amide bonds. The predicted octanol–water partition coefficient (Wildman–Crippen LogP) is 4.11. The highest BCUT2D eigenvalue weighted by atomic mass is 32.1. The third-order valence-electron chi connectivity index (χ3n) is 8.90. The minimum Gasteiger partial charge on any atom is -0.497 e. The topological polar surface area (TPSA) is 130 Å². The fraction of sp³-hybridized carbons (Fsp3) is 0.378. The number of H-pyrrole nitrogens is 1. The van der Waals surface area contributed by atoms with Gasteiger partial charge < -0.3 is 25.2 Å². The number of hydrogen-bond donors (Lipinski definition) is 5. The summed E-state index contributed by atoms with van der Waals surface area (Å²) in [5.74, 6) is 0.823. The molecule has 0 bridgehead atoms. The lowest BCUT2D eigenvalue weighted by molar-refractivity contribution is -0.0281. The van der Waals surface area contributed by atoms with Crippen LogP contribution in [-0.2, 0) is 10.3 Å². The van der Waals surface area contributed by atoms with E-state index < -0.39 is 29.1 Å². The lowest BCUT2D eigenvalue weighted by Crippen LogP contribution is -2.46. The average Bonchev–Trinajstić information content (AvgIpc) is 3.52. The van der Waals surface area contributed by atoms with Crippen molar-refractivity contribution in [2.24, 2.45) is 0 Å². The number of thiocarbonyl (C=S) groups is 1. The van der Waals surface area contributed by atoms with Crippen LogP contribution in [0.3, 0.4) is 0 Å². The van der Waals surface area contributed by atoms with Crippen molar-refractivity contribution in [3.63, 3.8) is 0 Å². The smallest absolute Gasteiger partial charge is 0.330 e. The van der Waals surface area contributed by atoms with Gasteiger partial charge in [0.25, 0.3) is 5.56 Å². The lowest BCUT2D eigenvalue weighted by Gasteiger charge is -2.37. The number of hydrogen-bond acceptors (Lipinski definition) is 7. The summed E-state index contributed by atoms with van der Waals surface area (Å²) in [6.45, 7) is 2.94. The fourth-order valence-electron chi connectivity index (χ4n) is 6.35. The molecule has 5 rings (SSSR count). The number of rotatable bonds is 15. The number of nitrogens with zero attached hydrogens (tertiary/aromatic N) is 1. The zero-order chi connectivity index (χ0) is 33.9. The van der Waals surface area contributed by atoms with Crippen LogP contribution in [0.1, 0.15) is 60.6 Å². The van der Waals surface area contributed by atoms with Crippen LogP contribution in [0.4, 0.5) is 0 Å². The molecule has 5 N–H and O–H groups in total. The van der Waals surface area contributed by atoms with Gasteiger partial charge in [-0.1, -0.05) is 85.6 Å². The maximum absolute atomic E-state index is 12.3. The number of methoxy groups -OCH3 is 1. The highest BCUT2D eigenvalue weighted by Gasteiger charge is 2.37. The van der Waals surface area contributed by atoms with E-state index in [4.69, 9.17) is 21.7 Å². The Kier molecular flexibility index (Phi) is 12.2. The molecule has 3 atom stereocenters. The summed E-state index contributed by atoms with van der Waals surface area (Å²) in [6.07, 6.45) is 4.77. The van der Waals surface area contributed by atoms with E-state index in [0.717, 1.165) is 43.5 Å². The van der Waals surface area contributed by atoms with Gasteiger partial charge in [-0.3, -0.25) is 19.7 Å². The fourth-order valence-corrected chi connectivity index (χ4v) is 6.60. The van der Waals surface area contributed by atoms with Crippen LogP contribution < -0.4 is 31.9 Å². The highest BCUT2D eigenvalue weighted by molar-refractivity contribution is 7.80. The molecule has 0 saturated carbocycles. The van der Waals surface area contributed by atoms with Gasteiger partial charge in [0.1, 0.15) is 18.1 Å². The molecule has 4 aromatic rings. The van der Waals surface area contributed by atoms with Crippen LogP contribution in [0, 0.1) is 6.92 Å². The number of unbranched alkanes of at least 4 members (excludes halogenated alkanes) is 3. The van der Waals surface area contributed by atoms with Crippen LogP contribution >= 0.6 is 12.2 Å². The van der Waals surface area contributed by atoms with Crippen molar-refractivity contribution < 1.29 is 14.6 Å². The second kappa shape index (κ2) is 16.7. The number of aliphatic hydroxyl groups is 1. The second-order valence-corrected chi connectivity index (χ2v) is 12.5. The summed E-state index contributed by atoms with van der Waals surface area (Å²) in [6, 6.07) is 29.2. The van der Waals surface area contributed by atoms with Gasteiger partial charge in [-0.15, -0.1) is 0 Å². The number of aromatic nitrogens is 2. The van der Waals surface area contributed by atoms with E-state index in [0.29, 0.717) is 23.6 Å². The molecule has 0 spiro atoms. The monoisotopic (exact) mass is 671 g/mol. The van der Waals surface area contributed by atoms with E-state index in [1.165, 1.54) is 21.9 Å². The largest absolute Gasteiger partial charge is 0.497 e. The molecule has 0 unspecified atom stereocenters. The first kappa shape index (κ1) is 35.0. The Hall–Kier alpha value is -4.29. The van der Waals surface area contributed by atoms with Crippen molar-refractivity contribution in [3.05, 3.63) is 134 Å². The summed E-state index contributed by atoms with van der Waals surface area (Å²) < 4.78 is 12.7. The van der Waals surface area contributed by atoms with Gasteiger partial charge in [-0.25, -0.2) is 4.79 Å². The van der Waals surface area contributed by atoms with Gasteiger partial charge in [0.15, 0.2) is 5.11 Å². The standard InChI is InChI=1S/C37H45N5O5S/c1-26-24-42(36(45)41-34(26)44)33-23-31(32(25-43)47-33)40-35(48)38-21-11-3-4-12-22-39-37(27-13-7-5-8-14-27,28-15-9-6-10-16-28)29-17-19-30(46-2)20-18-29/h5-10,13-20,24,31-33,39,43H,3-4,11-12,21-23,25H2,1-2H3,(H2,38,40,48)(H,41,44,45)/t31-,32+,33+/m0/s1. The summed E-state index contributed by atoms with van der Waals surface area (Å²) >= 11 is 5.53. The summed E-state index contributed by atoms with van der Waals surface area (Å²) in [5.41, 5.74) is 2.42. The molecule has 1 fully saturated rings. The first-order valence-electron chi connectivity index (χ1n) is 16.5. The molecule has 10 nitrogen and oxygen atoms in total. The Morgan fingerprint density at radius 2 is 1.54 bits per heavy atom. The molecular formula is C37H45N5O5S. The Bertz CT molecular complexity index is 1690. The van der Waals surface area contributed by atoms with Gasteiger partial charge >= 0.3 is 5.69 Å². The zero-order valence-electron chi connectivity index (χ0n) is 27.5. The molecule has 3 aromatic carbocycles. The molecule has 0 aliphatic carbocycles. The van der Waals surface area contributed by atoms with Gasteiger partial charge in [0.05, 0.1) is 25.3 Å². The zero-order valence-corrected chi connectivity index (χ0v) is 28.3. The normalized spacial score (nSPS) is 17.6. The number of ether oxygens (including phenoxy) is 2. The Morgan fingerprint density at radius 3 is 2.15 bits per heavy atom. The van der Waals surface area contributed by atoms with Gasteiger partial charge in [-0.05, 0) is 67.4 Å². The summed E-state index contributed by atoms with van der Waals surface area (Å²) in [5, 5.41) is 20.8. The van der Waals surface area contributed by atoms with E-state index >= 15 is 0 Å². The SMILES string of the molecule is COc1ccc(C(NCCCCCCNC(=S)N[C@H]2C[C@H](n3cc(C)c(=O)[nH]c3=O)O[C@@H]2CO)(c2ccccc2)c2ccccc2)cc1. The van der Waals surface area contributed by atoms with Gasteiger partial charge in [-0.2, -0.15) is 0 Å². The molecule has 1 aliphatic rings. The predicted molar refractivity (Wildman–Crippen MR) is 191 cm³/mol. The maximum atomic E-state index is 12.3. The third kappa shape index (κ3) is 8.22. The van der Waals surface area contributed by atoms with E-state index in [9.17, 15) is 14.7 Å². The Labute approximate surface area is 286 Å². The van der Waals surface area contributed by atoms with Gasteiger partial charge in [0, 0.05) is 24.7 Å². The minimum absolute atomic E-state index is 0.226. The molecule has 0 radical (unpaired) electrons. The molecule has 254 valence electrons. The molecular weight excluding hydrogens is 627 g/mol. The Balaban J connectivity index is 1.11. The molecule has 1 aliphatic heterocycles. The van der Waals surface area contributed by atoms with Crippen LogP contribution in [-0.4, -0.2) is 58.7 Å². The Morgan fingerprint density at radius 1 is 0.938 bits per heavy atom. The summed E-state index contributed by atoms with van der Waals surface area (Å²) in [7, 11) is 1.68. The number of aliphatic hydroxyl groups excluding tert-OH is 1. The molecule has 1 aromatic heterocycles.